The third-order valence-corrected chi connectivity index (χ3v) is 5.66. The van der Waals surface area contributed by atoms with Crippen molar-refractivity contribution in [2.45, 2.75) is 32.8 Å². The Morgan fingerprint density at radius 1 is 1.00 bits per heavy atom. The minimum Gasteiger partial charge on any atom is -0.497 e. The van der Waals surface area contributed by atoms with Gasteiger partial charge in [0, 0.05) is 25.4 Å². The topological polar surface area (TPSA) is 59.1 Å². The summed E-state index contributed by atoms with van der Waals surface area (Å²) in [6.45, 7) is 5.46. The largest absolute Gasteiger partial charge is 0.497 e. The fourth-order valence-corrected chi connectivity index (χ4v) is 4.15. The van der Waals surface area contributed by atoms with E-state index in [1.165, 1.54) is 10.5 Å². The van der Waals surface area contributed by atoms with E-state index >= 15 is 0 Å². The average molecular weight is 421 g/mol. The summed E-state index contributed by atoms with van der Waals surface area (Å²) in [6, 6.07) is 15.4. The summed E-state index contributed by atoms with van der Waals surface area (Å²) in [5.74, 6) is 0.216. The molecule has 0 radical (unpaired) electrons. The Morgan fingerprint density at radius 2 is 1.74 bits per heavy atom. The first-order valence-electron chi connectivity index (χ1n) is 10.7. The number of fused-ring (bicyclic) bond motifs is 1. The smallest absolute Gasteiger partial charge is 0.278 e. The molecule has 6 heteroatoms. The van der Waals surface area contributed by atoms with Crippen LogP contribution in [-0.2, 0) is 20.7 Å². The van der Waals surface area contributed by atoms with Crippen molar-refractivity contribution in [3.8, 4) is 5.75 Å². The lowest BCUT2D eigenvalue weighted by Gasteiger charge is -2.22. The molecule has 2 aromatic carbocycles. The number of nitrogens with zero attached hydrogens (tertiary/aromatic N) is 2. The Hall–Kier alpha value is -3.12. The van der Waals surface area contributed by atoms with Crippen LogP contribution in [0.25, 0.3) is 5.57 Å². The van der Waals surface area contributed by atoms with Crippen molar-refractivity contribution < 1.29 is 19.1 Å². The van der Waals surface area contributed by atoms with Crippen LogP contribution >= 0.6 is 0 Å². The third-order valence-electron chi connectivity index (χ3n) is 5.66. The molecule has 6 nitrogen and oxygen atoms in total. The summed E-state index contributed by atoms with van der Waals surface area (Å²) in [6.07, 6.45) is 1.57. The molecule has 0 spiro atoms. The molecule has 2 heterocycles. The van der Waals surface area contributed by atoms with E-state index in [4.69, 9.17) is 9.47 Å². The summed E-state index contributed by atoms with van der Waals surface area (Å²) in [7, 11) is 1.60. The first-order chi connectivity index (χ1) is 15.0. The summed E-state index contributed by atoms with van der Waals surface area (Å²) >= 11 is 0. The monoisotopic (exact) mass is 420 g/mol. The van der Waals surface area contributed by atoms with Crippen LogP contribution in [-0.4, -0.2) is 49.6 Å². The summed E-state index contributed by atoms with van der Waals surface area (Å²) in [5.41, 5.74) is 3.82. The Labute approximate surface area is 183 Å². The number of anilines is 1. The molecular weight excluding hydrogens is 392 g/mol. The number of amides is 2. The number of hydrogen-bond donors (Lipinski definition) is 0. The van der Waals surface area contributed by atoms with Crippen molar-refractivity contribution >= 4 is 23.1 Å². The average Bonchev–Trinajstić information content (AvgIpc) is 3.30. The first kappa shape index (κ1) is 21.1. The second kappa shape index (κ2) is 8.94. The molecule has 31 heavy (non-hydrogen) atoms. The van der Waals surface area contributed by atoms with Crippen LogP contribution in [0.2, 0.25) is 0 Å². The lowest BCUT2D eigenvalue weighted by molar-refractivity contribution is -0.137. The molecule has 162 valence electrons. The van der Waals surface area contributed by atoms with E-state index in [1.54, 1.807) is 7.11 Å². The second-order valence-electron chi connectivity index (χ2n) is 8.02. The highest BCUT2D eigenvalue weighted by Crippen LogP contribution is 2.38. The van der Waals surface area contributed by atoms with E-state index in [0.717, 1.165) is 17.7 Å². The summed E-state index contributed by atoms with van der Waals surface area (Å²) in [4.78, 5) is 30.3. The lowest BCUT2D eigenvalue weighted by Crippen LogP contribution is -2.36. The maximum atomic E-state index is 13.5. The molecule has 0 aliphatic carbocycles. The van der Waals surface area contributed by atoms with Crippen molar-refractivity contribution in [3.05, 3.63) is 65.4 Å². The van der Waals surface area contributed by atoms with Crippen molar-refractivity contribution in [2.75, 3.05) is 31.7 Å². The van der Waals surface area contributed by atoms with Crippen LogP contribution in [0.15, 0.2) is 54.2 Å². The maximum Gasteiger partial charge on any atom is 0.278 e. The maximum absolute atomic E-state index is 13.5. The molecule has 0 bridgehead atoms. The van der Waals surface area contributed by atoms with E-state index in [0.29, 0.717) is 43.1 Å². The van der Waals surface area contributed by atoms with Gasteiger partial charge in [-0.3, -0.25) is 14.5 Å². The van der Waals surface area contributed by atoms with Gasteiger partial charge in [-0.15, -0.1) is 0 Å². The molecule has 2 aliphatic heterocycles. The molecule has 0 saturated heterocycles. The number of ether oxygens (including phenoxy) is 2. The number of rotatable bonds is 8. The van der Waals surface area contributed by atoms with Gasteiger partial charge in [0.1, 0.15) is 11.4 Å². The zero-order chi connectivity index (χ0) is 22.0. The summed E-state index contributed by atoms with van der Waals surface area (Å²) in [5, 5.41) is 0. The highest BCUT2D eigenvalue weighted by molar-refractivity contribution is 6.36. The fourth-order valence-electron chi connectivity index (χ4n) is 4.15. The second-order valence-corrected chi connectivity index (χ2v) is 8.02. The zero-order valence-electron chi connectivity index (χ0n) is 18.3. The van der Waals surface area contributed by atoms with Gasteiger partial charge in [0.25, 0.3) is 11.8 Å². The third kappa shape index (κ3) is 4.08. The number of para-hydroxylation sites is 1. The van der Waals surface area contributed by atoms with Crippen LogP contribution in [0.1, 0.15) is 31.4 Å². The number of carbonyl (C=O) groups excluding carboxylic acids is 2. The quantitative estimate of drug-likeness (QED) is 0.482. The van der Waals surface area contributed by atoms with Crippen LogP contribution in [0, 0.1) is 0 Å². The highest BCUT2D eigenvalue weighted by Gasteiger charge is 2.42. The van der Waals surface area contributed by atoms with Gasteiger partial charge in [-0.1, -0.05) is 30.3 Å². The highest BCUT2D eigenvalue weighted by atomic mass is 16.5. The van der Waals surface area contributed by atoms with Crippen LogP contribution in [0.3, 0.4) is 0 Å². The normalized spacial score (nSPS) is 16.0. The molecule has 2 aromatic rings. The zero-order valence-corrected chi connectivity index (χ0v) is 18.3. The van der Waals surface area contributed by atoms with Crippen molar-refractivity contribution in [2.24, 2.45) is 0 Å². The van der Waals surface area contributed by atoms with Crippen molar-refractivity contribution in [1.29, 1.82) is 0 Å². The molecule has 0 N–H and O–H groups in total. The Balaban J connectivity index is 1.69. The van der Waals surface area contributed by atoms with Crippen molar-refractivity contribution in [3.63, 3.8) is 0 Å². The Bertz CT molecular complexity index is 1010. The Kier molecular flexibility index (Phi) is 6.09. The van der Waals surface area contributed by atoms with Gasteiger partial charge in [-0.25, -0.2) is 0 Å². The van der Waals surface area contributed by atoms with E-state index in [1.807, 2.05) is 61.2 Å². The summed E-state index contributed by atoms with van der Waals surface area (Å²) < 4.78 is 10.9. The van der Waals surface area contributed by atoms with Crippen molar-refractivity contribution in [1.82, 2.24) is 4.90 Å². The van der Waals surface area contributed by atoms with Gasteiger partial charge in [-0.2, -0.15) is 0 Å². The van der Waals surface area contributed by atoms with E-state index in [2.05, 4.69) is 6.07 Å². The first-order valence-corrected chi connectivity index (χ1v) is 10.7. The molecule has 0 fully saturated rings. The molecule has 4 rings (SSSR count). The van der Waals surface area contributed by atoms with Crippen LogP contribution in [0.5, 0.6) is 5.75 Å². The minimum atomic E-state index is -0.251. The number of benzene rings is 2. The van der Waals surface area contributed by atoms with E-state index in [9.17, 15) is 9.59 Å². The number of methoxy groups -OCH3 is 1. The predicted octanol–water partition coefficient (Wildman–Crippen LogP) is 3.65. The molecule has 2 aliphatic rings. The molecule has 0 aromatic heterocycles. The van der Waals surface area contributed by atoms with Crippen LogP contribution < -0.4 is 9.64 Å². The number of hydrogen-bond acceptors (Lipinski definition) is 5. The van der Waals surface area contributed by atoms with Gasteiger partial charge >= 0.3 is 0 Å². The minimum absolute atomic E-state index is 0.120. The predicted molar refractivity (Wildman–Crippen MR) is 120 cm³/mol. The number of imide groups is 1. The SMILES string of the molecule is COc1ccc(C2=C(N3CCc4ccccc43)C(=O)N(CCCOC(C)C)C2=O)cc1. The lowest BCUT2D eigenvalue weighted by atomic mass is 10.0. The molecule has 0 unspecified atom stereocenters. The molecule has 0 saturated carbocycles. The van der Waals surface area contributed by atoms with E-state index in [-0.39, 0.29) is 17.9 Å². The van der Waals surface area contributed by atoms with Gasteiger partial charge in [0.15, 0.2) is 0 Å². The van der Waals surface area contributed by atoms with Crippen LogP contribution in [0.4, 0.5) is 5.69 Å². The fraction of sp³-hybridized carbons (Fsp3) is 0.360. The molecule has 0 atom stereocenters. The van der Waals surface area contributed by atoms with Gasteiger partial charge < -0.3 is 14.4 Å². The standard InChI is InChI=1S/C25H28N2O4/c1-17(2)31-16-6-14-27-24(28)22(19-9-11-20(30-3)12-10-19)23(25(27)29)26-15-13-18-7-4-5-8-21(18)26/h4-5,7-12,17H,6,13-16H2,1-3H3. The van der Waals surface area contributed by atoms with E-state index < -0.39 is 0 Å². The Morgan fingerprint density at radius 3 is 2.45 bits per heavy atom. The molecule has 2 amide bonds. The molecular formula is C25H28N2O4. The van der Waals surface area contributed by atoms with Gasteiger partial charge in [-0.05, 0) is 56.0 Å². The van der Waals surface area contributed by atoms with Gasteiger partial charge in [0.2, 0.25) is 0 Å². The number of carbonyl (C=O) groups is 2. The van der Waals surface area contributed by atoms with Gasteiger partial charge in [0.05, 0.1) is 18.8 Å².